The Morgan fingerprint density at radius 2 is 2.11 bits per heavy atom. The van der Waals surface area contributed by atoms with Crippen LogP contribution in [0.1, 0.15) is 44.7 Å². The Kier molecular flexibility index (Phi) is 4.62. The summed E-state index contributed by atoms with van der Waals surface area (Å²) >= 11 is 3.25. The number of fused-ring (bicyclic) bond motifs is 1. The summed E-state index contributed by atoms with van der Waals surface area (Å²) in [6, 6.07) is 3.50. The lowest BCUT2D eigenvalue weighted by molar-refractivity contribution is 0.178. The van der Waals surface area contributed by atoms with E-state index in [1.165, 1.54) is 6.07 Å². The summed E-state index contributed by atoms with van der Waals surface area (Å²) in [5, 5.41) is 3.50. The number of ether oxygens (including phenoxy) is 1. The molecule has 1 aliphatic rings. The Labute approximate surface area is 116 Å². The van der Waals surface area contributed by atoms with Gasteiger partial charge in [-0.25, -0.2) is 4.39 Å². The van der Waals surface area contributed by atoms with Crippen LogP contribution in [0.4, 0.5) is 4.39 Å². The number of rotatable bonds is 5. The highest BCUT2D eigenvalue weighted by Crippen LogP contribution is 2.40. The van der Waals surface area contributed by atoms with Crippen molar-refractivity contribution in [1.82, 2.24) is 5.32 Å². The van der Waals surface area contributed by atoms with E-state index in [0.717, 1.165) is 31.4 Å². The lowest BCUT2D eigenvalue weighted by atomic mass is 10.0. The van der Waals surface area contributed by atoms with Gasteiger partial charge in [0.25, 0.3) is 0 Å². The van der Waals surface area contributed by atoms with Gasteiger partial charge < -0.3 is 10.1 Å². The van der Waals surface area contributed by atoms with Crippen molar-refractivity contribution in [3.63, 3.8) is 0 Å². The smallest absolute Gasteiger partial charge is 0.141 e. The molecule has 0 amide bonds. The van der Waals surface area contributed by atoms with Gasteiger partial charge in [-0.15, -0.1) is 0 Å². The largest absolute Gasteiger partial charge is 0.488 e. The zero-order chi connectivity index (χ0) is 13.1. The average Bonchev–Trinajstić information content (AvgIpc) is 2.65. The van der Waals surface area contributed by atoms with E-state index in [1.54, 1.807) is 0 Å². The van der Waals surface area contributed by atoms with Crippen molar-refractivity contribution in [3.05, 3.63) is 28.0 Å². The monoisotopic (exact) mass is 315 g/mol. The molecule has 1 heterocycles. The SMILES string of the molecule is CCCNC1c2cc(Br)c(F)cc2OC1CCC. The third-order valence-electron chi connectivity index (χ3n) is 3.23. The summed E-state index contributed by atoms with van der Waals surface area (Å²) in [6.07, 6.45) is 3.24. The lowest BCUT2D eigenvalue weighted by Gasteiger charge is -2.19. The van der Waals surface area contributed by atoms with Gasteiger partial charge in [-0.2, -0.15) is 0 Å². The van der Waals surface area contributed by atoms with Gasteiger partial charge in [-0.1, -0.05) is 20.3 Å². The van der Waals surface area contributed by atoms with Crippen LogP contribution in [-0.2, 0) is 0 Å². The summed E-state index contributed by atoms with van der Waals surface area (Å²) in [7, 11) is 0. The predicted molar refractivity (Wildman–Crippen MR) is 74.5 cm³/mol. The van der Waals surface area contributed by atoms with Crippen LogP contribution in [0.25, 0.3) is 0 Å². The highest BCUT2D eigenvalue weighted by Gasteiger charge is 2.34. The summed E-state index contributed by atoms with van der Waals surface area (Å²) in [5.74, 6) is 0.419. The van der Waals surface area contributed by atoms with Crippen LogP contribution in [0.2, 0.25) is 0 Å². The minimum atomic E-state index is -0.264. The van der Waals surface area contributed by atoms with Crippen LogP contribution >= 0.6 is 15.9 Å². The van der Waals surface area contributed by atoms with E-state index in [0.29, 0.717) is 10.2 Å². The van der Waals surface area contributed by atoms with E-state index in [1.807, 2.05) is 6.07 Å². The summed E-state index contributed by atoms with van der Waals surface area (Å²) < 4.78 is 19.9. The Morgan fingerprint density at radius 1 is 1.33 bits per heavy atom. The Morgan fingerprint density at radius 3 is 2.78 bits per heavy atom. The van der Waals surface area contributed by atoms with Gasteiger partial charge in [-0.05, 0) is 41.4 Å². The van der Waals surface area contributed by atoms with Crippen LogP contribution in [0.15, 0.2) is 16.6 Å². The maximum absolute atomic E-state index is 13.5. The lowest BCUT2D eigenvalue weighted by Crippen LogP contribution is -2.31. The average molecular weight is 316 g/mol. The van der Waals surface area contributed by atoms with Gasteiger partial charge in [0.05, 0.1) is 10.5 Å². The van der Waals surface area contributed by atoms with Crippen LogP contribution in [0.5, 0.6) is 5.75 Å². The first kappa shape index (κ1) is 13.8. The van der Waals surface area contributed by atoms with E-state index in [2.05, 4.69) is 35.1 Å². The number of hydrogen-bond acceptors (Lipinski definition) is 2. The van der Waals surface area contributed by atoms with Crippen molar-refractivity contribution >= 4 is 15.9 Å². The maximum Gasteiger partial charge on any atom is 0.141 e. The van der Waals surface area contributed by atoms with Gasteiger partial charge in [0.2, 0.25) is 0 Å². The molecule has 0 spiro atoms. The van der Waals surface area contributed by atoms with E-state index < -0.39 is 0 Å². The van der Waals surface area contributed by atoms with Gasteiger partial charge in [0.15, 0.2) is 0 Å². The first-order valence-corrected chi connectivity index (χ1v) is 7.35. The summed E-state index contributed by atoms with van der Waals surface area (Å²) in [5.41, 5.74) is 1.06. The Hall–Kier alpha value is -0.610. The number of hydrogen-bond donors (Lipinski definition) is 1. The maximum atomic E-state index is 13.5. The first-order chi connectivity index (χ1) is 8.67. The molecule has 1 aromatic carbocycles. The Balaban J connectivity index is 2.27. The van der Waals surface area contributed by atoms with Gasteiger partial charge in [-0.3, -0.25) is 0 Å². The van der Waals surface area contributed by atoms with Crippen LogP contribution < -0.4 is 10.1 Å². The molecule has 2 atom stereocenters. The van der Waals surface area contributed by atoms with E-state index in [9.17, 15) is 4.39 Å². The van der Waals surface area contributed by atoms with Crippen LogP contribution in [-0.4, -0.2) is 12.6 Å². The predicted octanol–water partition coefficient (Wildman–Crippen LogP) is 4.19. The molecule has 0 saturated carbocycles. The molecule has 0 bridgehead atoms. The molecule has 0 fully saturated rings. The minimum absolute atomic E-state index is 0.116. The van der Waals surface area contributed by atoms with E-state index in [-0.39, 0.29) is 18.0 Å². The summed E-state index contributed by atoms with van der Waals surface area (Å²) in [4.78, 5) is 0. The molecular formula is C14H19BrFNO. The molecule has 0 radical (unpaired) electrons. The van der Waals surface area contributed by atoms with Gasteiger partial charge >= 0.3 is 0 Å². The van der Waals surface area contributed by atoms with Crippen molar-refractivity contribution in [2.45, 2.75) is 45.3 Å². The second kappa shape index (κ2) is 6.02. The molecule has 2 rings (SSSR count). The highest BCUT2D eigenvalue weighted by molar-refractivity contribution is 9.10. The second-order valence-corrected chi connectivity index (χ2v) is 5.54. The zero-order valence-corrected chi connectivity index (χ0v) is 12.4. The quantitative estimate of drug-likeness (QED) is 0.879. The van der Waals surface area contributed by atoms with E-state index >= 15 is 0 Å². The second-order valence-electron chi connectivity index (χ2n) is 4.68. The van der Waals surface area contributed by atoms with Crippen LogP contribution in [0.3, 0.4) is 0 Å². The molecule has 4 heteroatoms. The third-order valence-corrected chi connectivity index (χ3v) is 3.83. The van der Waals surface area contributed by atoms with Crippen molar-refractivity contribution in [1.29, 1.82) is 0 Å². The van der Waals surface area contributed by atoms with Gasteiger partial charge in [0.1, 0.15) is 17.7 Å². The fourth-order valence-corrected chi connectivity index (χ4v) is 2.73. The fraction of sp³-hybridized carbons (Fsp3) is 0.571. The molecule has 1 aromatic rings. The third kappa shape index (κ3) is 2.69. The van der Waals surface area contributed by atoms with Crippen molar-refractivity contribution in [2.24, 2.45) is 0 Å². The number of nitrogens with one attached hydrogen (secondary N) is 1. The minimum Gasteiger partial charge on any atom is -0.488 e. The molecule has 1 N–H and O–H groups in total. The first-order valence-electron chi connectivity index (χ1n) is 6.56. The van der Waals surface area contributed by atoms with E-state index in [4.69, 9.17) is 4.74 Å². The topological polar surface area (TPSA) is 21.3 Å². The molecule has 2 unspecified atom stereocenters. The van der Waals surface area contributed by atoms with Crippen molar-refractivity contribution in [3.8, 4) is 5.75 Å². The highest BCUT2D eigenvalue weighted by atomic mass is 79.9. The molecule has 0 aliphatic carbocycles. The molecule has 0 saturated heterocycles. The van der Waals surface area contributed by atoms with Gasteiger partial charge in [0, 0.05) is 11.6 Å². The summed E-state index contributed by atoms with van der Waals surface area (Å²) in [6.45, 7) is 5.22. The number of benzene rings is 1. The number of halogens is 2. The molecule has 1 aliphatic heterocycles. The normalized spacial score (nSPS) is 21.8. The molecular weight excluding hydrogens is 297 g/mol. The van der Waals surface area contributed by atoms with Crippen LogP contribution in [0, 0.1) is 5.82 Å². The zero-order valence-electron chi connectivity index (χ0n) is 10.8. The van der Waals surface area contributed by atoms with Crippen molar-refractivity contribution in [2.75, 3.05) is 6.54 Å². The molecule has 100 valence electrons. The molecule has 0 aromatic heterocycles. The molecule has 2 nitrogen and oxygen atoms in total. The Bertz CT molecular complexity index is 425. The molecule has 18 heavy (non-hydrogen) atoms. The fourth-order valence-electron chi connectivity index (χ4n) is 2.37. The van der Waals surface area contributed by atoms with Crippen molar-refractivity contribution < 1.29 is 9.13 Å². The standard InChI is InChI=1S/C14H19BrFNO/c1-3-5-12-14(17-6-4-2)9-7-10(15)11(16)8-13(9)18-12/h7-8,12,14,17H,3-6H2,1-2H3.